The Balaban J connectivity index is 1.72. The van der Waals surface area contributed by atoms with Gasteiger partial charge in [-0.25, -0.2) is 4.79 Å². The van der Waals surface area contributed by atoms with E-state index in [0.29, 0.717) is 18.8 Å². The fourth-order valence-electron chi connectivity index (χ4n) is 3.16. The van der Waals surface area contributed by atoms with E-state index in [9.17, 15) is 9.59 Å². The van der Waals surface area contributed by atoms with Crippen LogP contribution in [0.2, 0.25) is 0 Å². The van der Waals surface area contributed by atoms with Crippen LogP contribution in [0.15, 0.2) is 48.5 Å². The molecule has 0 spiro atoms. The maximum Gasteiger partial charge on any atom is 0.324 e. The molecule has 2 aromatic carbocycles. The number of nitrogens with zero attached hydrogens (tertiary/aromatic N) is 2. The monoisotopic (exact) mass is 381 g/mol. The average Bonchev–Trinajstić information content (AvgIpc) is 2.70. The number of anilines is 2. The largest absolute Gasteiger partial charge is 0.497 e. The predicted molar refractivity (Wildman–Crippen MR) is 111 cm³/mol. The lowest BCUT2D eigenvalue weighted by Gasteiger charge is -2.36. The van der Waals surface area contributed by atoms with Crippen LogP contribution in [0.1, 0.15) is 25.8 Å². The number of rotatable bonds is 6. The van der Waals surface area contributed by atoms with Crippen LogP contribution in [0.5, 0.6) is 5.75 Å². The van der Waals surface area contributed by atoms with Gasteiger partial charge in [0.25, 0.3) is 0 Å². The number of carbonyl (C=O) groups excluding carboxylic acids is 2. The Bertz CT molecular complexity index is 833. The number of amides is 3. The highest BCUT2D eigenvalue weighted by atomic mass is 16.5. The first-order chi connectivity index (χ1) is 13.5. The molecule has 1 aliphatic rings. The number of benzene rings is 2. The lowest BCUT2D eigenvalue weighted by molar-refractivity contribution is -0.118. The maximum atomic E-state index is 13.0. The molecular weight excluding hydrogens is 354 g/mol. The van der Waals surface area contributed by atoms with Gasteiger partial charge in [0.1, 0.15) is 5.75 Å². The Morgan fingerprint density at radius 3 is 2.57 bits per heavy atom. The minimum atomic E-state index is -0.0970. The molecule has 28 heavy (non-hydrogen) atoms. The smallest absolute Gasteiger partial charge is 0.324 e. The second-order valence-corrected chi connectivity index (χ2v) is 7.25. The van der Waals surface area contributed by atoms with E-state index < -0.39 is 0 Å². The molecule has 148 valence electrons. The van der Waals surface area contributed by atoms with Crippen LogP contribution in [0.25, 0.3) is 0 Å². The third kappa shape index (κ3) is 4.63. The molecule has 0 atom stereocenters. The number of urea groups is 1. The lowest BCUT2D eigenvalue weighted by Crippen LogP contribution is -2.49. The van der Waals surface area contributed by atoms with Crippen LogP contribution in [0.3, 0.4) is 0 Å². The normalized spacial score (nSPS) is 14.4. The van der Waals surface area contributed by atoms with Gasteiger partial charge in [-0.3, -0.25) is 9.69 Å². The number of carbonyl (C=O) groups is 2. The lowest BCUT2D eigenvalue weighted by atomic mass is 10.1. The molecule has 0 bridgehead atoms. The zero-order valence-corrected chi connectivity index (χ0v) is 16.6. The molecule has 1 heterocycles. The van der Waals surface area contributed by atoms with E-state index >= 15 is 0 Å². The van der Waals surface area contributed by atoms with Crippen LogP contribution in [-0.4, -0.2) is 37.0 Å². The van der Waals surface area contributed by atoms with Gasteiger partial charge >= 0.3 is 6.03 Å². The minimum absolute atomic E-state index is 0.0191. The molecular formula is C22H27N3O3. The molecule has 6 heteroatoms. The summed E-state index contributed by atoms with van der Waals surface area (Å²) in [6, 6.07) is 15.2. The Labute approximate surface area is 166 Å². The van der Waals surface area contributed by atoms with Crippen LogP contribution < -0.4 is 15.0 Å². The molecule has 1 aliphatic heterocycles. The van der Waals surface area contributed by atoms with Crippen molar-refractivity contribution in [2.75, 3.05) is 30.4 Å². The number of methoxy groups -OCH3 is 1. The number of nitrogens with one attached hydrogen (secondary N) is 1. The molecule has 2 aromatic rings. The van der Waals surface area contributed by atoms with Crippen molar-refractivity contribution < 1.29 is 14.3 Å². The topological polar surface area (TPSA) is 61.9 Å². The molecule has 3 amide bonds. The van der Waals surface area contributed by atoms with Crippen molar-refractivity contribution in [1.82, 2.24) is 4.90 Å². The molecule has 6 nitrogen and oxygen atoms in total. The van der Waals surface area contributed by atoms with Gasteiger partial charge in [-0.15, -0.1) is 0 Å². The fraction of sp³-hybridized carbons (Fsp3) is 0.364. The van der Waals surface area contributed by atoms with Gasteiger partial charge in [0.15, 0.2) is 0 Å². The first kappa shape index (κ1) is 19.7. The number of ether oxygens (including phenoxy) is 1. The minimum Gasteiger partial charge on any atom is -0.497 e. The third-order valence-corrected chi connectivity index (χ3v) is 4.79. The summed E-state index contributed by atoms with van der Waals surface area (Å²) < 4.78 is 5.19. The molecule has 1 saturated heterocycles. The SMILES string of the molecule is COc1ccc(CN2CCCN(c3cccc(NC(=O)C(C)C)c3)C2=O)cc1. The van der Waals surface area contributed by atoms with Crippen LogP contribution in [0.4, 0.5) is 16.2 Å². The van der Waals surface area contributed by atoms with Crippen LogP contribution >= 0.6 is 0 Å². The van der Waals surface area contributed by atoms with E-state index in [0.717, 1.165) is 30.0 Å². The third-order valence-electron chi connectivity index (χ3n) is 4.79. The molecule has 0 saturated carbocycles. The standard InChI is InChI=1S/C22H27N3O3/c1-16(2)21(26)23-18-6-4-7-19(14-18)25-13-5-12-24(22(25)27)15-17-8-10-20(28-3)11-9-17/h4,6-11,14,16H,5,12-13,15H2,1-3H3,(H,23,26). The second-order valence-electron chi connectivity index (χ2n) is 7.25. The maximum absolute atomic E-state index is 13.0. The summed E-state index contributed by atoms with van der Waals surface area (Å²) in [4.78, 5) is 28.6. The molecule has 0 aromatic heterocycles. The van der Waals surface area contributed by atoms with E-state index in [4.69, 9.17) is 4.74 Å². The van der Waals surface area contributed by atoms with Crippen LogP contribution in [-0.2, 0) is 11.3 Å². The van der Waals surface area contributed by atoms with Gasteiger partial charge < -0.3 is 15.0 Å². The van der Waals surface area contributed by atoms with Gasteiger partial charge in [-0.1, -0.05) is 32.0 Å². The number of hydrogen-bond acceptors (Lipinski definition) is 3. The number of hydrogen-bond donors (Lipinski definition) is 1. The summed E-state index contributed by atoms with van der Waals surface area (Å²) in [6.07, 6.45) is 0.893. The summed E-state index contributed by atoms with van der Waals surface area (Å²) in [5, 5.41) is 2.90. The van der Waals surface area contributed by atoms with Crippen molar-refractivity contribution in [1.29, 1.82) is 0 Å². The quantitative estimate of drug-likeness (QED) is 0.819. The van der Waals surface area contributed by atoms with E-state index in [2.05, 4.69) is 5.32 Å². The summed E-state index contributed by atoms with van der Waals surface area (Å²) in [6.45, 7) is 5.66. The molecule has 0 unspecified atom stereocenters. The molecule has 0 radical (unpaired) electrons. The molecule has 3 rings (SSSR count). The Kier molecular flexibility index (Phi) is 6.19. The van der Waals surface area contributed by atoms with Crippen molar-refractivity contribution in [3.05, 3.63) is 54.1 Å². The molecule has 1 fully saturated rings. The molecule has 0 aliphatic carbocycles. The van der Waals surface area contributed by atoms with Crippen molar-refractivity contribution >= 4 is 23.3 Å². The van der Waals surface area contributed by atoms with Gasteiger partial charge in [0.2, 0.25) is 5.91 Å². The van der Waals surface area contributed by atoms with Gasteiger partial charge in [-0.05, 0) is 42.3 Å². The average molecular weight is 381 g/mol. The Morgan fingerprint density at radius 1 is 1.14 bits per heavy atom. The van der Waals surface area contributed by atoms with Crippen molar-refractivity contribution in [2.45, 2.75) is 26.8 Å². The van der Waals surface area contributed by atoms with E-state index in [1.54, 1.807) is 12.0 Å². The Morgan fingerprint density at radius 2 is 1.89 bits per heavy atom. The van der Waals surface area contributed by atoms with Crippen molar-refractivity contribution in [2.24, 2.45) is 5.92 Å². The second kappa shape index (κ2) is 8.78. The first-order valence-electron chi connectivity index (χ1n) is 9.58. The highest BCUT2D eigenvalue weighted by Crippen LogP contribution is 2.25. The zero-order chi connectivity index (χ0) is 20.1. The van der Waals surface area contributed by atoms with Gasteiger partial charge in [0, 0.05) is 36.9 Å². The highest BCUT2D eigenvalue weighted by molar-refractivity contribution is 5.95. The Hall–Kier alpha value is -3.02. The van der Waals surface area contributed by atoms with Gasteiger partial charge in [0.05, 0.1) is 7.11 Å². The summed E-state index contributed by atoms with van der Waals surface area (Å²) in [5.41, 5.74) is 2.57. The van der Waals surface area contributed by atoms with Crippen molar-refractivity contribution in [3.8, 4) is 5.75 Å². The molecule has 1 N–H and O–H groups in total. The van der Waals surface area contributed by atoms with Crippen molar-refractivity contribution in [3.63, 3.8) is 0 Å². The van der Waals surface area contributed by atoms with Gasteiger partial charge in [-0.2, -0.15) is 0 Å². The van der Waals surface area contributed by atoms with E-state index in [-0.39, 0.29) is 17.9 Å². The fourth-order valence-corrected chi connectivity index (χ4v) is 3.16. The van der Waals surface area contributed by atoms with E-state index in [1.165, 1.54) is 0 Å². The summed E-state index contributed by atoms with van der Waals surface area (Å²) in [5.74, 6) is 0.666. The zero-order valence-electron chi connectivity index (χ0n) is 16.6. The summed E-state index contributed by atoms with van der Waals surface area (Å²) >= 11 is 0. The van der Waals surface area contributed by atoms with E-state index in [1.807, 2.05) is 67.3 Å². The summed E-state index contributed by atoms with van der Waals surface area (Å²) in [7, 11) is 1.64. The van der Waals surface area contributed by atoms with Crippen LogP contribution in [0, 0.1) is 5.92 Å². The predicted octanol–water partition coefficient (Wildman–Crippen LogP) is 4.12. The first-order valence-corrected chi connectivity index (χ1v) is 9.58. The highest BCUT2D eigenvalue weighted by Gasteiger charge is 2.27.